The van der Waals surface area contributed by atoms with Gasteiger partial charge in [0.15, 0.2) is 0 Å². The summed E-state index contributed by atoms with van der Waals surface area (Å²) in [5, 5.41) is 19.0. The van der Waals surface area contributed by atoms with Crippen molar-refractivity contribution in [3.63, 3.8) is 0 Å². The molecule has 0 aliphatic rings. The second kappa shape index (κ2) is 8.55. The molecule has 6 nitrogen and oxygen atoms in total. The fourth-order valence-electron chi connectivity index (χ4n) is 1.15. The van der Waals surface area contributed by atoms with E-state index in [-0.39, 0.29) is 36.9 Å². The van der Waals surface area contributed by atoms with Gasteiger partial charge in [0, 0.05) is 5.92 Å². The van der Waals surface area contributed by atoms with E-state index in [0.29, 0.717) is 12.8 Å². The Morgan fingerprint density at radius 1 is 1.12 bits per heavy atom. The summed E-state index contributed by atoms with van der Waals surface area (Å²) in [7, 11) is 0. The van der Waals surface area contributed by atoms with Gasteiger partial charge >= 0.3 is 41.5 Å². The number of rotatable bonds is 6. The van der Waals surface area contributed by atoms with Gasteiger partial charge in [0.25, 0.3) is 0 Å². The third-order valence-corrected chi connectivity index (χ3v) is 2.14. The molecule has 0 fully saturated rings. The third kappa shape index (κ3) is 5.48. The molecule has 0 aromatic rings. The van der Waals surface area contributed by atoms with Gasteiger partial charge < -0.3 is 17.0 Å². The minimum Gasteiger partial charge on any atom is -1.00 e. The second-order valence-corrected chi connectivity index (χ2v) is 3.13. The van der Waals surface area contributed by atoms with Gasteiger partial charge in [-0.25, -0.2) is 9.59 Å². The molecule has 7 heteroatoms. The summed E-state index contributed by atoms with van der Waals surface area (Å²) in [6, 6.07) is -1.86. The molecule has 0 atom stereocenters. The van der Waals surface area contributed by atoms with E-state index in [9.17, 15) is 14.4 Å². The molecule has 0 saturated heterocycles. The number of nitrogens with one attached hydrogen (secondary N) is 1. The Balaban J connectivity index is -0.000000980. The van der Waals surface area contributed by atoms with Crippen molar-refractivity contribution in [3.05, 3.63) is 0 Å². The van der Waals surface area contributed by atoms with Crippen molar-refractivity contribution in [1.29, 1.82) is 0 Å². The van der Waals surface area contributed by atoms with Crippen LogP contribution in [0, 0.1) is 5.92 Å². The average Bonchev–Trinajstić information content (AvgIpc) is 2.15. The molecular formula is C9H16NNaO5. The number of carboxylic acids is 2. The zero-order valence-electron chi connectivity index (χ0n) is 10.7. The van der Waals surface area contributed by atoms with Gasteiger partial charge in [-0.3, -0.25) is 4.79 Å². The average molecular weight is 241 g/mol. The number of carboxylic acid groups (broad SMARTS) is 2. The van der Waals surface area contributed by atoms with E-state index >= 15 is 0 Å². The van der Waals surface area contributed by atoms with Crippen molar-refractivity contribution in [2.24, 2.45) is 5.92 Å². The Morgan fingerprint density at radius 2 is 1.50 bits per heavy atom. The zero-order chi connectivity index (χ0) is 12.0. The van der Waals surface area contributed by atoms with Crippen molar-refractivity contribution < 1.29 is 55.6 Å². The summed E-state index contributed by atoms with van der Waals surface area (Å²) >= 11 is 0. The van der Waals surface area contributed by atoms with Crippen LogP contribution in [0.4, 0.5) is 0 Å². The van der Waals surface area contributed by atoms with Crippen LogP contribution >= 0.6 is 0 Å². The van der Waals surface area contributed by atoms with Gasteiger partial charge in [-0.1, -0.05) is 13.8 Å². The number of aliphatic carboxylic acids is 2. The molecule has 88 valence electrons. The van der Waals surface area contributed by atoms with Crippen LogP contribution in [0.2, 0.25) is 0 Å². The van der Waals surface area contributed by atoms with Crippen molar-refractivity contribution >= 4 is 17.8 Å². The molecule has 0 spiro atoms. The van der Waals surface area contributed by atoms with Crippen molar-refractivity contribution in [2.75, 3.05) is 0 Å². The van der Waals surface area contributed by atoms with Crippen molar-refractivity contribution in [2.45, 2.75) is 32.7 Å². The van der Waals surface area contributed by atoms with E-state index in [4.69, 9.17) is 10.2 Å². The van der Waals surface area contributed by atoms with Crippen LogP contribution in [0.15, 0.2) is 0 Å². The molecule has 16 heavy (non-hydrogen) atoms. The molecule has 0 heterocycles. The van der Waals surface area contributed by atoms with Crippen LogP contribution in [0.5, 0.6) is 0 Å². The van der Waals surface area contributed by atoms with Crippen molar-refractivity contribution in [1.82, 2.24) is 5.32 Å². The van der Waals surface area contributed by atoms with Crippen LogP contribution in [0.1, 0.15) is 28.1 Å². The maximum absolute atomic E-state index is 11.4. The van der Waals surface area contributed by atoms with E-state index in [1.54, 1.807) is 13.8 Å². The summed E-state index contributed by atoms with van der Waals surface area (Å²) in [5.41, 5.74) is 0. The van der Waals surface area contributed by atoms with Gasteiger partial charge in [0.05, 0.1) is 0 Å². The first-order valence-corrected chi connectivity index (χ1v) is 4.69. The molecule has 0 rings (SSSR count). The number of amides is 1. The first-order valence-electron chi connectivity index (χ1n) is 4.69. The largest absolute Gasteiger partial charge is 1.00 e. The first kappa shape index (κ1) is 17.8. The smallest absolute Gasteiger partial charge is 1.00 e. The fourth-order valence-corrected chi connectivity index (χ4v) is 1.15. The maximum atomic E-state index is 11.4. The van der Waals surface area contributed by atoms with Gasteiger partial charge in [-0.15, -0.1) is 0 Å². The molecule has 0 aliphatic carbocycles. The molecule has 0 aliphatic heterocycles. The van der Waals surface area contributed by atoms with Crippen LogP contribution in [0.3, 0.4) is 0 Å². The normalized spacial score (nSPS) is 9.75. The van der Waals surface area contributed by atoms with Crippen LogP contribution in [-0.2, 0) is 14.4 Å². The van der Waals surface area contributed by atoms with E-state index in [0.717, 1.165) is 0 Å². The summed E-state index contributed by atoms with van der Waals surface area (Å²) in [5.74, 6) is -4.01. The quantitative estimate of drug-likeness (QED) is 0.344. The zero-order valence-corrected chi connectivity index (χ0v) is 11.7. The third-order valence-electron chi connectivity index (χ3n) is 2.14. The topological polar surface area (TPSA) is 104 Å². The standard InChI is InChI=1S/C9H15NO5.Na.H/c1-3-5(4-2)7(11)10-6(8(12)13)9(14)15;;/h5-6H,3-4H2,1-2H3,(H,10,11)(H,12,13)(H,14,15);;/q;+1;-1. The Morgan fingerprint density at radius 3 is 1.75 bits per heavy atom. The summed E-state index contributed by atoms with van der Waals surface area (Å²) < 4.78 is 0. The maximum Gasteiger partial charge on any atom is 1.00 e. The molecule has 0 aromatic carbocycles. The van der Waals surface area contributed by atoms with Gasteiger partial charge in [0.1, 0.15) is 0 Å². The molecule has 1 amide bonds. The Kier molecular flexibility index (Phi) is 9.51. The Labute approximate surface area is 117 Å². The second-order valence-electron chi connectivity index (χ2n) is 3.13. The number of hydrogen-bond acceptors (Lipinski definition) is 3. The molecule has 0 saturated carbocycles. The number of carbonyl (C=O) groups excluding carboxylic acids is 1. The molecule has 0 unspecified atom stereocenters. The van der Waals surface area contributed by atoms with Gasteiger partial charge in [0.2, 0.25) is 11.9 Å². The minimum atomic E-state index is -1.86. The molecule has 3 N–H and O–H groups in total. The number of hydrogen-bond donors (Lipinski definition) is 3. The van der Waals surface area contributed by atoms with Gasteiger partial charge in [-0.05, 0) is 12.8 Å². The van der Waals surface area contributed by atoms with Crippen LogP contribution in [-0.4, -0.2) is 34.1 Å². The summed E-state index contributed by atoms with van der Waals surface area (Å²) in [6.45, 7) is 3.56. The van der Waals surface area contributed by atoms with Crippen LogP contribution < -0.4 is 34.9 Å². The molecular weight excluding hydrogens is 225 g/mol. The van der Waals surface area contributed by atoms with E-state index in [2.05, 4.69) is 0 Å². The molecule has 0 radical (unpaired) electrons. The van der Waals surface area contributed by atoms with Gasteiger partial charge in [-0.2, -0.15) is 0 Å². The Bertz CT molecular complexity index is 256. The summed E-state index contributed by atoms with van der Waals surface area (Å²) in [6.07, 6.45) is 1.10. The Hall–Kier alpha value is -0.590. The predicted octanol–water partition coefficient (Wildman–Crippen LogP) is -2.81. The van der Waals surface area contributed by atoms with Crippen LogP contribution in [0.25, 0.3) is 0 Å². The van der Waals surface area contributed by atoms with Crippen molar-refractivity contribution in [3.8, 4) is 0 Å². The van der Waals surface area contributed by atoms with E-state index < -0.39 is 23.9 Å². The first-order chi connectivity index (χ1) is 6.93. The molecule has 0 aromatic heterocycles. The van der Waals surface area contributed by atoms with E-state index in [1.165, 1.54) is 0 Å². The van der Waals surface area contributed by atoms with E-state index in [1.807, 2.05) is 5.32 Å². The number of carbonyl (C=O) groups is 3. The summed E-state index contributed by atoms with van der Waals surface area (Å²) in [4.78, 5) is 32.3. The predicted molar refractivity (Wildman–Crippen MR) is 52.4 cm³/mol. The monoisotopic (exact) mass is 241 g/mol. The fraction of sp³-hybridized carbons (Fsp3) is 0.667. The minimum absolute atomic E-state index is 0. The SMILES string of the molecule is CCC(CC)C(=O)NC(C(=O)O)C(=O)O.[H-].[Na+]. The molecule has 0 bridgehead atoms.